The molecule has 0 spiro atoms. The number of nitrogens with zero attached hydrogens (tertiary/aromatic N) is 2. The third-order valence-corrected chi connectivity index (χ3v) is 4.11. The van der Waals surface area contributed by atoms with Gasteiger partial charge in [0.1, 0.15) is 24.2 Å². The molecule has 0 saturated carbocycles. The van der Waals surface area contributed by atoms with Gasteiger partial charge in [-0.3, -0.25) is 4.79 Å². The summed E-state index contributed by atoms with van der Waals surface area (Å²) in [6, 6.07) is 11.1. The predicted octanol–water partition coefficient (Wildman–Crippen LogP) is 2.51. The van der Waals surface area contributed by atoms with Crippen molar-refractivity contribution in [1.29, 1.82) is 0 Å². The lowest BCUT2D eigenvalue weighted by atomic mass is 10.2. The first-order chi connectivity index (χ1) is 11.8. The first kappa shape index (κ1) is 14.7. The standard InChI is InChI=1S/C16H14N4O3S/c21-14(18-10-3-1-4-11-15(10)20-24-19-11)9-17-12-5-2-6-13-16(12)23-8-7-22-13/h1-6,17H,7-9H2,(H,18,21). The lowest BCUT2D eigenvalue weighted by Crippen LogP contribution is -2.23. The van der Waals surface area contributed by atoms with Crippen LogP contribution in [-0.4, -0.2) is 34.4 Å². The van der Waals surface area contributed by atoms with Crippen LogP contribution in [-0.2, 0) is 4.79 Å². The molecule has 1 aliphatic heterocycles. The third kappa shape index (κ3) is 2.83. The largest absolute Gasteiger partial charge is 0.486 e. The Hall–Kier alpha value is -2.87. The molecule has 0 unspecified atom stereocenters. The Morgan fingerprint density at radius 3 is 2.88 bits per heavy atom. The molecule has 0 fully saturated rings. The molecule has 8 heteroatoms. The van der Waals surface area contributed by atoms with Crippen LogP contribution in [0.5, 0.6) is 11.5 Å². The molecule has 4 rings (SSSR count). The zero-order chi connectivity index (χ0) is 16.4. The van der Waals surface area contributed by atoms with Crippen LogP contribution >= 0.6 is 11.7 Å². The Labute approximate surface area is 141 Å². The average molecular weight is 342 g/mol. The molecule has 0 saturated heterocycles. The maximum Gasteiger partial charge on any atom is 0.243 e. The van der Waals surface area contributed by atoms with Gasteiger partial charge in [-0.05, 0) is 24.3 Å². The van der Waals surface area contributed by atoms with E-state index in [1.165, 1.54) is 0 Å². The summed E-state index contributed by atoms with van der Waals surface area (Å²) in [5.41, 5.74) is 2.86. The van der Waals surface area contributed by atoms with Crippen molar-refractivity contribution in [3.63, 3.8) is 0 Å². The molecule has 2 aromatic carbocycles. The van der Waals surface area contributed by atoms with Crippen molar-refractivity contribution < 1.29 is 14.3 Å². The maximum atomic E-state index is 12.2. The van der Waals surface area contributed by atoms with Crippen LogP contribution in [0.1, 0.15) is 0 Å². The van der Waals surface area contributed by atoms with Crippen LogP contribution in [0.25, 0.3) is 11.0 Å². The van der Waals surface area contributed by atoms with E-state index < -0.39 is 0 Å². The number of para-hydroxylation sites is 1. The molecular formula is C16H14N4O3S. The number of benzene rings is 2. The SMILES string of the molecule is O=C(CNc1cccc2c1OCCO2)Nc1cccc2nsnc12. The number of carbonyl (C=O) groups excluding carboxylic acids is 1. The molecule has 1 amide bonds. The number of fused-ring (bicyclic) bond motifs is 2. The first-order valence-electron chi connectivity index (χ1n) is 7.45. The van der Waals surface area contributed by atoms with Gasteiger partial charge in [0, 0.05) is 0 Å². The van der Waals surface area contributed by atoms with Gasteiger partial charge in [0.2, 0.25) is 5.91 Å². The number of carbonyl (C=O) groups is 1. The number of anilines is 2. The van der Waals surface area contributed by atoms with Gasteiger partial charge in [-0.15, -0.1) is 0 Å². The zero-order valence-electron chi connectivity index (χ0n) is 12.6. The van der Waals surface area contributed by atoms with Gasteiger partial charge in [-0.2, -0.15) is 8.75 Å². The summed E-state index contributed by atoms with van der Waals surface area (Å²) in [6.45, 7) is 1.13. The van der Waals surface area contributed by atoms with Gasteiger partial charge in [0.25, 0.3) is 0 Å². The number of rotatable bonds is 4. The highest BCUT2D eigenvalue weighted by Gasteiger charge is 2.16. The van der Waals surface area contributed by atoms with Crippen molar-refractivity contribution in [1.82, 2.24) is 8.75 Å². The Morgan fingerprint density at radius 2 is 1.92 bits per heavy atom. The summed E-state index contributed by atoms with van der Waals surface area (Å²) in [7, 11) is 0. The van der Waals surface area contributed by atoms with Crippen molar-refractivity contribution in [3.05, 3.63) is 36.4 Å². The third-order valence-electron chi connectivity index (χ3n) is 3.57. The number of amides is 1. The minimum Gasteiger partial charge on any atom is -0.486 e. The molecule has 1 aromatic heterocycles. The highest BCUT2D eigenvalue weighted by Crippen LogP contribution is 2.37. The average Bonchev–Trinajstić information content (AvgIpc) is 3.10. The van der Waals surface area contributed by atoms with Crippen molar-refractivity contribution in [2.45, 2.75) is 0 Å². The summed E-state index contributed by atoms with van der Waals surface area (Å²) in [5, 5.41) is 5.94. The summed E-state index contributed by atoms with van der Waals surface area (Å²) in [5.74, 6) is 1.15. The highest BCUT2D eigenvalue weighted by molar-refractivity contribution is 7.00. The highest BCUT2D eigenvalue weighted by atomic mass is 32.1. The summed E-state index contributed by atoms with van der Waals surface area (Å²) >= 11 is 1.12. The van der Waals surface area contributed by atoms with Crippen LogP contribution in [0, 0.1) is 0 Å². The van der Waals surface area contributed by atoms with E-state index in [0.717, 1.165) is 22.9 Å². The molecule has 7 nitrogen and oxygen atoms in total. The second-order valence-corrected chi connectivity index (χ2v) is 5.70. The van der Waals surface area contributed by atoms with Crippen LogP contribution in [0.3, 0.4) is 0 Å². The fourth-order valence-electron chi connectivity index (χ4n) is 2.49. The van der Waals surface area contributed by atoms with Gasteiger partial charge < -0.3 is 20.1 Å². The number of hydrogen-bond acceptors (Lipinski definition) is 7. The fourth-order valence-corrected chi connectivity index (χ4v) is 3.04. The topological polar surface area (TPSA) is 85.4 Å². The van der Waals surface area contributed by atoms with E-state index in [-0.39, 0.29) is 12.5 Å². The second-order valence-electron chi connectivity index (χ2n) is 5.17. The van der Waals surface area contributed by atoms with Crippen LogP contribution in [0.15, 0.2) is 36.4 Å². The number of hydrogen-bond donors (Lipinski definition) is 2. The van der Waals surface area contributed by atoms with Gasteiger partial charge in [0.05, 0.1) is 29.6 Å². The number of aromatic nitrogens is 2. The minimum absolute atomic E-state index is 0.105. The minimum atomic E-state index is -0.176. The van der Waals surface area contributed by atoms with E-state index in [2.05, 4.69) is 19.4 Å². The summed E-state index contributed by atoms with van der Waals surface area (Å²) in [4.78, 5) is 12.2. The molecule has 0 radical (unpaired) electrons. The van der Waals surface area contributed by atoms with Crippen LogP contribution in [0.4, 0.5) is 11.4 Å². The van der Waals surface area contributed by atoms with E-state index in [1.54, 1.807) is 0 Å². The van der Waals surface area contributed by atoms with E-state index in [1.807, 2.05) is 36.4 Å². The number of nitrogens with one attached hydrogen (secondary N) is 2. The second kappa shape index (κ2) is 6.32. The predicted molar refractivity (Wildman–Crippen MR) is 92.0 cm³/mol. The molecule has 2 heterocycles. The number of ether oxygens (including phenoxy) is 2. The lowest BCUT2D eigenvalue weighted by molar-refractivity contribution is -0.114. The molecule has 0 aliphatic carbocycles. The molecule has 0 bridgehead atoms. The summed E-state index contributed by atoms with van der Waals surface area (Å²) in [6.07, 6.45) is 0. The van der Waals surface area contributed by atoms with E-state index in [4.69, 9.17) is 9.47 Å². The lowest BCUT2D eigenvalue weighted by Gasteiger charge is -2.21. The van der Waals surface area contributed by atoms with E-state index in [0.29, 0.717) is 35.9 Å². The van der Waals surface area contributed by atoms with Gasteiger partial charge >= 0.3 is 0 Å². The van der Waals surface area contributed by atoms with Crippen molar-refractivity contribution in [2.75, 3.05) is 30.4 Å². The van der Waals surface area contributed by atoms with E-state index >= 15 is 0 Å². The Kier molecular flexibility index (Phi) is 3.87. The summed E-state index contributed by atoms with van der Waals surface area (Å²) < 4.78 is 19.5. The van der Waals surface area contributed by atoms with Crippen molar-refractivity contribution in [3.8, 4) is 11.5 Å². The molecule has 24 heavy (non-hydrogen) atoms. The molecule has 122 valence electrons. The Balaban J connectivity index is 1.45. The van der Waals surface area contributed by atoms with Crippen molar-refractivity contribution >= 4 is 40.0 Å². The molecule has 0 atom stereocenters. The van der Waals surface area contributed by atoms with Crippen LogP contribution in [0.2, 0.25) is 0 Å². The molecule has 1 aliphatic rings. The fraction of sp³-hybridized carbons (Fsp3) is 0.188. The zero-order valence-corrected chi connectivity index (χ0v) is 13.4. The van der Waals surface area contributed by atoms with Gasteiger partial charge in [-0.1, -0.05) is 12.1 Å². The molecular weight excluding hydrogens is 328 g/mol. The monoisotopic (exact) mass is 342 g/mol. The van der Waals surface area contributed by atoms with Gasteiger partial charge in [-0.25, -0.2) is 0 Å². The maximum absolute atomic E-state index is 12.2. The van der Waals surface area contributed by atoms with Gasteiger partial charge in [0.15, 0.2) is 11.5 Å². The smallest absolute Gasteiger partial charge is 0.243 e. The normalized spacial score (nSPS) is 12.8. The quantitative estimate of drug-likeness (QED) is 0.758. The Bertz CT molecular complexity index is 896. The first-order valence-corrected chi connectivity index (χ1v) is 8.18. The molecule has 3 aromatic rings. The Morgan fingerprint density at radius 1 is 1.08 bits per heavy atom. The molecule has 2 N–H and O–H groups in total. The van der Waals surface area contributed by atoms with Crippen LogP contribution < -0.4 is 20.1 Å². The van der Waals surface area contributed by atoms with Crippen molar-refractivity contribution in [2.24, 2.45) is 0 Å². The van der Waals surface area contributed by atoms with E-state index in [9.17, 15) is 4.79 Å².